The van der Waals surface area contributed by atoms with Crippen molar-refractivity contribution >= 4 is 35.4 Å². The van der Waals surface area contributed by atoms with E-state index >= 15 is 0 Å². The highest BCUT2D eigenvalue weighted by molar-refractivity contribution is 6.30. The van der Waals surface area contributed by atoms with Crippen molar-refractivity contribution in [3.05, 3.63) is 93.5 Å². The number of rotatable bonds is 7. The van der Waals surface area contributed by atoms with Crippen LogP contribution in [-0.2, 0) is 4.79 Å². The molecule has 0 radical (unpaired) electrons. The topological polar surface area (TPSA) is 51.1 Å². The van der Waals surface area contributed by atoms with Gasteiger partial charge in [0.25, 0.3) is 0 Å². The van der Waals surface area contributed by atoms with Crippen LogP contribution in [0.2, 0.25) is 10.0 Å². The Morgan fingerprint density at radius 3 is 2.09 bits per heavy atom. The average molecular weight is 483 g/mol. The fourth-order valence-corrected chi connectivity index (χ4v) is 4.21. The summed E-state index contributed by atoms with van der Waals surface area (Å²) in [5, 5.41) is 1.26. The molecule has 5 nitrogen and oxygen atoms in total. The molecular formula is C26H24Cl2N2O3. The Morgan fingerprint density at radius 1 is 0.939 bits per heavy atom. The number of methoxy groups -OCH3 is 1. The maximum absolute atomic E-state index is 12.5. The number of halogens is 2. The van der Waals surface area contributed by atoms with Crippen LogP contribution in [0.5, 0.6) is 11.5 Å². The van der Waals surface area contributed by atoms with Gasteiger partial charge in [-0.05, 0) is 61.4 Å². The maximum Gasteiger partial charge on any atom is 0.215 e. The molecule has 7 heteroatoms. The van der Waals surface area contributed by atoms with Crippen molar-refractivity contribution in [2.75, 3.05) is 7.11 Å². The average Bonchev–Trinajstić information content (AvgIpc) is 3.19. The molecule has 1 aliphatic rings. The molecule has 2 unspecified atom stereocenters. The molecule has 170 valence electrons. The number of aliphatic imine (C=N–C) groups is 1. The van der Waals surface area contributed by atoms with Gasteiger partial charge in [0.2, 0.25) is 6.41 Å². The van der Waals surface area contributed by atoms with Crippen molar-refractivity contribution < 1.29 is 14.3 Å². The number of benzene rings is 3. The van der Waals surface area contributed by atoms with E-state index in [0.29, 0.717) is 32.9 Å². The fourth-order valence-electron chi connectivity index (χ4n) is 3.96. The van der Waals surface area contributed by atoms with Gasteiger partial charge in [-0.3, -0.25) is 14.7 Å². The fraction of sp³-hybridized carbons (Fsp3) is 0.231. The first kappa shape index (κ1) is 23.1. The van der Waals surface area contributed by atoms with Gasteiger partial charge in [0.05, 0.1) is 24.8 Å². The molecule has 1 amide bonds. The first-order valence-corrected chi connectivity index (χ1v) is 11.3. The molecule has 1 heterocycles. The second kappa shape index (κ2) is 9.86. The number of amidine groups is 1. The molecule has 0 saturated heterocycles. The third kappa shape index (κ3) is 4.85. The van der Waals surface area contributed by atoms with Gasteiger partial charge in [-0.25, -0.2) is 0 Å². The quantitative estimate of drug-likeness (QED) is 0.361. The van der Waals surface area contributed by atoms with Gasteiger partial charge in [-0.1, -0.05) is 47.5 Å². The van der Waals surface area contributed by atoms with E-state index in [-0.39, 0.29) is 18.2 Å². The Hall–Kier alpha value is -3.02. The summed E-state index contributed by atoms with van der Waals surface area (Å²) in [6, 6.07) is 19.8. The van der Waals surface area contributed by atoms with Crippen LogP contribution in [0.15, 0.2) is 71.7 Å². The van der Waals surface area contributed by atoms with Crippen LogP contribution in [0, 0.1) is 0 Å². The third-order valence-corrected chi connectivity index (χ3v) is 5.94. The zero-order valence-electron chi connectivity index (χ0n) is 18.5. The number of amides is 1. The summed E-state index contributed by atoms with van der Waals surface area (Å²) in [6.45, 7) is 3.90. The molecule has 0 fully saturated rings. The van der Waals surface area contributed by atoms with Crippen LogP contribution in [-0.4, -0.2) is 30.4 Å². The van der Waals surface area contributed by atoms with Crippen molar-refractivity contribution in [2.24, 2.45) is 4.99 Å². The first-order chi connectivity index (χ1) is 15.9. The van der Waals surface area contributed by atoms with E-state index in [1.807, 2.05) is 80.6 Å². The summed E-state index contributed by atoms with van der Waals surface area (Å²) in [6.07, 6.45) is 0.749. The van der Waals surface area contributed by atoms with Crippen LogP contribution in [0.3, 0.4) is 0 Å². The minimum atomic E-state index is -0.357. The summed E-state index contributed by atoms with van der Waals surface area (Å²) in [7, 11) is 1.60. The zero-order chi connectivity index (χ0) is 23.5. The molecule has 3 aromatic carbocycles. The lowest BCUT2D eigenvalue weighted by Crippen LogP contribution is -2.31. The van der Waals surface area contributed by atoms with E-state index in [9.17, 15) is 4.79 Å². The van der Waals surface area contributed by atoms with Crippen LogP contribution >= 0.6 is 23.2 Å². The van der Waals surface area contributed by atoms with Crippen molar-refractivity contribution in [1.82, 2.24) is 4.90 Å². The highest BCUT2D eigenvalue weighted by Crippen LogP contribution is 2.44. The van der Waals surface area contributed by atoms with Gasteiger partial charge in [0, 0.05) is 16.1 Å². The SMILES string of the molecule is COc1ccc(C2=NC(c3ccc(Cl)cc3)C(c3ccc(Cl)cc3)N2C=O)c(OC(C)C)c1. The normalized spacial score (nSPS) is 17.8. The standard InChI is InChI=1S/C26H24Cl2N2O3/c1-16(2)33-23-14-21(32-3)12-13-22(23)26-29-24(17-4-8-19(27)9-5-17)25(30(26)15-31)18-6-10-20(28)11-7-18/h4-16,24-25H,1-3H3. The minimum Gasteiger partial charge on any atom is -0.497 e. The van der Waals surface area contributed by atoms with E-state index in [2.05, 4.69) is 0 Å². The summed E-state index contributed by atoms with van der Waals surface area (Å²) in [5.74, 6) is 1.79. The molecule has 0 N–H and O–H groups in total. The Balaban J connectivity index is 1.87. The second-order valence-electron chi connectivity index (χ2n) is 7.99. The predicted octanol–water partition coefficient (Wildman–Crippen LogP) is 6.49. The molecular weight excluding hydrogens is 459 g/mol. The maximum atomic E-state index is 12.5. The molecule has 33 heavy (non-hydrogen) atoms. The van der Waals surface area contributed by atoms with Gasteiger partial charge in [0.15, 0.2) is 0 Å². The Morgan fingerprint density at radius 2 is 1.55 bits per heavy atom. The number of nitrogens with zero attached hydrogens (tertiary/aromatic N) is 2. The molecule has 0 bridgehead atoms. The van der Waals surface area contributed by atoms with Crippen LogP contribution in [0.25, 0.3) is 0 Å². The largest absolute Gasteiger partial charge is 0.497 e. The number of hydrogen-bond donors (Lipinski definition) is 0. The molecule has 0 aliphatic carbocycles. The molecule has 2 atom stereocenters. The van der Waals surface area contributed by atoms with Gasteiger partial charge in [0.1, 0.15) is 23.4 Å². The molecule has 0 saturated carbocycles. The van der Waals surface area contributed by atoms with Gasteiger partial charge < -0.3 is 9.47 Å². The van der Waals surface area contributed by atoms with Gasteiger partial charge in [-0.15, -0.1) is 0 Å². The molecule has 0 aromatic heterocycles. The number of carbonyl (C=O) groups is 1. The summed E-state index contributed by atoms with van der Waals surface area (Å²) in [4.78, 5) is 19.1. The van der Waals surface area contributed by atoms with Crippen LogP contribution < -0.4 is 9.47 Å². The Labute approximate surface area is 203 Å². The van der Waals surface area contributed by atoms with Crippen molar-refractivity contribution in [3.63, 3.8) is 0 Å². The van der Waals surface area contributed by atoms with Crippen molar-refractivity contribution in [1.29, 1.82) is 0 Å². The minimum absolute atomic E-state index is 0.0679. The lowest BCUT2D eigenvalue weighted by atomic mass is 9.94. The molecule has 1 aliphatic heterocycles. The smallest absolute Gasteiger partial charge is 0.215 e. The highest BCUT2D eigenvalue weighted by Gasteiger charge is 2.39. The van der Waals surface area contributed by atoms with E-state index in [0.717, 1.165) is 17.5 Å². The lowest BCUT2D eigenvalue weighted by molar-refractivity contribution is -0.116. The van der Waals surface area contributed by atoms with Crippen LogP contribution in [0.4, 0.5) is 0 Å². The third-order valence-electron chi connectivity index (χ3n) is 5.43. The van der Waals surface area contributed by atoms with Gasteiger partial charge >= 0.3 is 0 Å². The van der Waals surface area contributed by atoms with E-state index in [1.54, 1.807) is 12.0 Å². The van der Waals surface area contributed by atoms with E-state index < -0.39 is 0 Å². The van der Waals surface area contributed by atoms with Crippen molar-refractivity contribution in [3.8, 4) is 11.5 Å². The summed E-state index contributed by atoms with van der Waals surface area (Å²) < 4.78 is 11.5. The lowest BCUT2D eigenvalue weighted by Gasteiger charge is -2.27. The highest BCUT2D eigenvalue weighted by atomic mass is 35.5. The number of carbonyl (C=O) groups excluding carboxylic acids is 1. The Kier molecular flexibility index (Phi) is 6.91. The zero-order valence-corrected chi connectivity index (χ0v) is 20.0. The summed E-state index contributed by atoms with van der Waals surface area (Å²) in [5.41, 5.74) is 2.58. The van der Waals surface area contributed by atoms with E-state index in [4.69, 9.17) is 37.7 Å². The second-order valence-corrected chi connectivity index (χ2v) is 8.86. The summed E-state index contributed by atoms with van der Waals surface area (Å²) >= 11 is 12.2. The first-order valence-electron chi connectivity index (χ1n) is 10.6. The number of hydrogen-bond acceptors (Lipinski definition) is 4. The van der Waals surface area contributed by atoms with Crippen LogP contribution in [0.1, 0.15) is 42.6 Å². The Bertz CT molecular complexity index is 1160. The predicted molar refractivity (Wildman–Crippen MR) is 132 cm³/mol. The molecule has 0 spiro atoms. The monoisotopic (exact) mass is 482 g/mol. The molecule has 4 rings (SSSR count). The van der Waals surface area contributed by atoms with Crippen molar-refractivity contribution in [2.45, 2.75) is 32.0 Å². The van der Waals surface area contributed by atoms with E-state index in [1.165, 1.54) is 0 Å². The molecule has 3 aromatic rings. The van der Waals surface area contributed by atoms with Gasteiger partial charge in [-0.2, -0.15) is 0 Å². The number of ether oxygens (including phenoxy) is 2.